The van der Waals surface area contributed by atoms with Crippen molar-refractivity contribution < 1.29 is 0 Å². The number of aryl methyl sites for hydroxylation is 3. The molecule has 0 aliphatic heterocycles. The second-order valence-corrected chi connectivity index (χ2v) is 13.8. The fraction of sp³-hybridized carbons (Fsp3) is 0.0612. The number of fused-ring (bicyclic) bond motifs is 3. The zero-order chi connectivity index (χ0) is 35.9. The molecule has 0 saturated carbocycles. The van der Waals surface area contributed by atoms with Crippen LogP contribution >= 0.6 is 0 Å². The van der Waals surface area contributed by atoms with Crippen molar-refractivity contribution in [3.05, 3.63) is 193 Å². The van der Waals surface area contributed by atoms with E-state index in [1.165, 1.54) is 27.4 Å². The number of anilines is 3. The normalized spacial score (nSPS) is 11.3. The highest BCUT2D eigenvalue weighted by atomic mass is 15.1. The Kier molecular flexibility index (Phi) is 8.13. The van der Waals surface area contributed by atoms with E-state index in [2.05, 4.69) is 206 Å². The minimum absolute atomic E-state index is 0.722. The summed E-state index contributed by atoms with van der Waals surface area (Å²) in [6.45, 7) is 6.39. The van der Waals surface area contributed by atoms with Crippen molar-refractivity contribution in [2.75, 3.05) is 4.90 Å². The first-order valence-corrected chi connectivity index (χ1v) is 18.1. The third-order valence-corrected chi connectivity index (χ3v) is 10.1. The molecule has 0 N–H and O–H groups in total. The topological polar surface area (TPSA) is 34.0 Å². The Hall–Kier alpha value is -6.78. The van der Waals surface area contributed by atoms with Gasteiger partial charge in [-0.1, -0.05) is 120 Å². The van der Waals surface area contributed by atoms with Crippen molar-refractivity contribution in [3.8, 4) is 39.6 Å². The van der Waals surface area contributed by atoms with Gasteiger partial charge in [0.15, 0.2) is 5.82 Å². The van der Waals surface area contributed by atoms with Crippen LogP contribution in [0.2, 0.25) is 0 Å². The van der Waals surface area contributed by atoms with Crippen LogP contribution in [0.1, 0.15) is 16.7 Å². The van der Waals surface area contributed by atoms with Gasteiger partial charge in [-0.25, -0.2) is 9.97 Å². The minimum Gasteiger partial charge on any atom is -0.310 e. The summed E-state index contributed by atoms with van der Waals surface area (Å²) in [6.07, 6.45) is 0. The number of hydrogen-bond acceptors (Lipinski definition) is 3. The molecule has 4 nitrogen and oxygen atoms in total. The van der Waals surface area contributed by atoms with E-state index >= 15 is 0 Å². The number of rotatable bonds is 7. The van der Waals surface area contributed by atoms with Crippen LogP contribution in [0.25, 0.3) is 61.4 Å². The Morgan fingerprint density at radius 2 is 1.02 bits per heavy atom. The average Bonchev–Trinajstić information content (AvgIpc) is 3.53. The summed E-state index contributed by atoms with van der Waals surface area (Å²) >= 11 is 0. The van der Waals surface area contributed by atoms with E-state index in [0.717, 1.165) is 67.7 Å². The highest BCUT2D eigenvalue weighted by molar-refractivity contribution is 6.10. The summed E-state index contributed by atoms with van der Waals surface area (Å²) in [7, 11) is 0. The molecule has 0 aliphatic rings. The molecule has 254 valence electrons. The number of benzene rings is 7. The molecule has 7 aromatic carbocycles. The molecule has 0 atom stereocenters. The van der Waals surface area contributed by atoms with Crippen molar-refractivity contribution in [1.82, 2.24) is 14.5 Å². The molecule has 9 aromatic rings. The summed E-state index contributed by atoms with van der Waals surface area (Å²) in [5.41, 5.74) is 15.3. The van der Waals surface area contributed by atoms with Gasteiger partial charge >= 0.3 is 0 Å². The summed E-state index contributed by atoms with van der Waals surface area (Å²) in [4.78, 5) is 12.5. The molecule has 4 heteroatoms. The van der Waals surface area contributed by atoms with Gasteiger partial charge in [0.25, 0.3) is 0 Å². The molecule has 0 radical (unpaired) electrons. The summed E-state index contributed by atoms with van der Waals surface area (Å²) in [5, 5.41) is 2.42. The SMILES string of the molecule is Cc1ccc(-c2cc(-c3ccc(-n4c5ccccc5c5cc(N(c6ccccc6)c6ccccc6)ccc54)cc3C)nc(-c3ccc(C)cc3)n2)cc1. The fourth-order valence-corrected chi connectivity index (χ4v) is 7.34. The van der Waals surface area contributed by atoms with Gasteiger partial charge in [-0.05, 0) is 93.1 Å². The molecule has 0 amide bonds. The van der Waals surface area contributed by atoms with E-state index in [-0.39, 0.29) is 0 Å². The largest absolute Gasteiger partial charge is 0.310 e. The van der Waals surface area contributed by atoms with Crippen molar-refractivity contribution in [1.29, 1.82) is 0 Å². The number of aromatic nitrogens is 3. The van der Waals surface area contributed by atoms with E-state index in [4.69, 9.17) is 9.97 Å². The van der Waals surface area contributed by atoms with Gasteiger partial charge in [0.2, 0.25) is 0 Å². The first kappa shape index (κ1) is 32.1. The molecule has 53 heavy (non-hydrogen) atoms. The van der Waals surface area contributed by atoms with Gasteiger partial charge < -0.3 is 9.47 Å². The Morgan fingerprint density at radius 3 is 1.68 bits per heavy atom. The molecule has 2 aromatic heterocycles. The average molecular weight is 683 g/mol. The van der Waals surface area contributed by atoms with Crippen LogP contribution in [0.5, 0.6) is 0 Å². The van der Waals surface area contributed by atoms with Crippen LogP contribution in [-0.2, 0) is 0 Å². The number of hydrogen-bond donors (Lipinski definition) is 0. The number of para-hydroxylation sites is 3. The molecule has 0 unspecified atom stereocenters. The third-order valence-electron chi connectivity index (χ3n) is 10.1. The predicted molar refractivity (Wildman–Crippen MR) is 222 cm³/mol. The molecule has 0 saturated heterocycles. The predicted octanol–water partition coefficient (Wildman–Crippen LogP) is 13.0. The minimum atomic E-state index is 0.722. The van der Waals surface area contributed by atoms with Crippen molar-refractivity contribution in [2.45, 2.75) is 20.8 Å². The lowest BCUT2D eigenvalue weighted by atomic mass is 10.0. The maximum Gasteiger partial charge on any atom is 0.160 e. The zero-order valence-electron chi connectivity index (χ0n) is 30.0. The highest BCUT2D eigenvalue weighted by Crippen LogP contribution is 2.40. The van der Waals surface area contributed by atoms with Crippen LogP contribution < -0.4 is 4.90 Å². The monoisotopic (exact) mass is 682 g/mol. The molecule has 2 heterocycles. The van der Waals surface area contributed by atoms with Gasteiger partial charge in [-0.2, -0.15) is 0 Å². The Bertz CT molecular complexity index is 2630. The van der Waals surface area contributed by atoms with Crippen LogP contribution in [0.4, 0.5) is 17.1 Å². The lowest BCUT2D eigenvalue weighted by Gasteiger charge is -2.25. The second kappa shape index (κ2) is 13.4. The molecule has 9 rings (SSSR count). The quantitative estimate of drug-likeness (QED) is 0.168. The summed E-state index contributed by atoms with van der Waals surface area (Å²) in [5.74, 6) is 0.722. The highest BCUT2D eigenvalue weighted by Gasteiger charge is 2.18. The Balaban J connectivity index is 1.17. The number of nitrogens with zero attached hydrogens (tertiary/aromatic N) is 4. The molecule has 0 aliphatic carbocycles. The standard InChI is InChI=1S/C49H38N4/c1-33-18-22-36(23-19-33)45-32-46(51-49(50-45)37-24-20-34(2)21-25-37)42-28-26-40(30-35(42)3)53-47-17-11-10-16-43(47)44-31-41(27-29-48(44)53)52(38-12-6-4-7-13-38)39-14-8-5-9-15-39/h4-32H,1-3H3. The lowest BCUT2D eigenvalue weighted by molar-refractivity contribution is 1.16. The smallest absolute Gasteiger partial charge is 0.160 e. The van der Waals surface area contributed by atoms with E-state index in [1.54, 1.807) is 0 Å². The van der Waals surface area contributed by atoms with Gasteiger partial charge in [-0.15, -0.1) is 0 Å². The van der Waals surface area contributed by atoms with Gasteiger partial charge in [-0.3, -0.25) is 0 Å². The van der Waals surface area contributed by atoms with E-state index in [1.807, 2.05) is 0 Å². The van der Waals surface area contributed by atoms with Gasteiger partial charge in [0.1, 0.15) is 0 Å². The van der Waals surface area contributed by atoms with Crippen LogP contribution in [-0.4, -0.2) is 14.5 Å². The maximum atomic E-state index is 5.15. The lowest BCUT2D eigenvalue weighted by Crippen LogP contribution is -2.09. The fourth-order valence-electron chi connectivity index (χ4n) is 7.34. The molecular formula is C49H38N4. The van der Waals surface area contributed by atoms with Crippen LogP contribution in [0, 0.1) is 20.8 Å². The first-order chi connectivity index (χ1) is 26.0. The second-order valence-electron chi connectivity index (χ2n) is 13.8. The zero-order valence-corrected chi connectivity index (χ0v) is 30.0. The Morgan fingerprint density at radius 1 is 0.434 bits per heavy atom. The molecule has 0 bridgehead atoms. The van der Waals surface area contributed by atoms with Crippen molar-refractivity contribution >= 4 is 38.9 Å². The first-order valence-electron chi connectivity index (χ1n) is 18.1. The summed E-state index contributed by atoms with van der Waals surface area (Å²) < 4.78 is 2.38. The van der Waals surface area contributed by atoms with Crippen molar-refractivity contribution in [2.24, 2.45) is 0 Å². The molecule has 0 spiro atoms. The maximum absolute atomic E-state index is 5.15. The van der Waals surface area contributed by atoms with Crippen molar-refractivity contribution in [3.63, 3.8) is 0 Å². The van der Waals surface area contributed by atoms with E-state index in [9.17, 15) is 0 Å². The van der Waals surface area contributed by atoms with Gasteiger partial charge in [0.05, 0.1) is 22.4 Å². The van der Waals surface area contributed by atoms with E-state index in [0.29, 0.717) is 0 Å². The van der Waals surface area contributed by atoms with Crippen LogP contribution in [0.3, 0.4) is 0 Å². The van der Waals surface area contributed by atoms with E-state index < -0.39 is 0 Å². The van der Waals surface area contributed by atoms with Crippen LogP contribution in [0.15, 0.2) is 176 Å². The Labute approximate surface area is 310 Å². The molecule has 0 fully saturated rings. The third kappa shape index (κ3) is 6.04. The molecular weight excluding hydrogens is 645 g/mol. The van der Waals surface area contributed by atoms with Gasteiger partial charge in [0, 0.05) is 50.2 Å². The summed E-state index contributed by atoms with van der Waals surface area (Å²) in [6, 6.07) is 62.5.